The van der Waals surface area contributed by atoms with E-state index in [1.165, 1.54) is 16.9 Å². The summed E-state index contributed by atoms with van der Waals surface area (Å²) in [6.45, 7) is 4.08. The second-order valence-corrected chi connectivity index (χ2v) is 8.46. The van der Waals surface area contributed by atoms with Crippen LogP contribution in [-0.4, -0.2) is 16.8 Å². The van der Waals surface area contributed by atoms with Gasteiger partial charge in [-0.05, 0) is 68.5 Å². The molecular formula is C23H23N3O2S. The van der Waals surface area contributed by atoms with Gasteiger partial charge in [0.2, 0.25) is 5.91 Å². The Balaban J connectivity index is 1.51. The topological polar surface area (TPSA) is 71.1 Å². The molecule has 29 heavy (non-hydrogen) atoms. The van der Waals surface area contributed by atoms with Crippen molar-refractivity contribution in [3.05, 3.63) is 75.8 Å². The van der Waals surface area contributed by atoms with Gasteiger partial charge in [-0.15, -0.1) is 11.3 Å². The third-order valence-electron chi connectivity index (χ3n) is 5.30. The zero-order valence-corrected chi connectivity index (χ0v) is 17.3. The molecule has 1 aliphatic carbocycles. The van der Waals surface area contributed by atoms with E-state index in [1.54, 1.807) is 12.1 Å². The smallest absolute Gasteiger partial charge is 0.257 e. The highest BCUT2D eigenvalue weighted by Gasteiger charge is 2.30. The van der Waals surface area contributed by atoms with Crippen LogP contribution in [0.15, 0.2) is 48.5 Å². The zero-order valence-electron chi connectivity index (χ0n) is 16.5. The predicted molar refractivity (Wildman–Crippen MR) is 117 cm³/mol. The first-order chi connectivity index (χ1) is 14.0. The summed E-state index contributed by atoms with van der Waals surface area (Å²) in [6.07, 6.45) is 2.59. The van der Waals surface area contributed by atoms with Crippen molar-refractivity contribution >= 4 is 34.0 Å². The van der Waals surface area contributed by atoms with Gasteiger partial charge in [-0.3, -0.25) is 14.9 Å². The van der Waals surface area contributed by atoms with Crippen molar-refractivity contribution in [1.82, 2.24) is 4.98 Å². The van der Waals surface area contributed by atoms with Crippen LogP contribution in [0.25, 0.3) is 0 Å². The fourth-order valence-corrected chi connectivity index (χ4v) is 4.59. The van der Waals surface area contributed by atoms with E-state index in [1.807, 2.05) is 43.3 Å². The summed E-state index contributed by atoms with van der Waals surface area (Å²) in [7, 11) is 0. The van der Waals surface area contributed by atoms with Crippen LogP contribution in [0.3, 0.4) is 0 Å². The Morgan fingerprint density at radius 2 is 1.83 bits per heavy atom. The van der Waals surface area contributed by atoms with Crippen LogP contribution in [0.5, 0.6) is 0 Å². The van der Waals surface area contributed by atoms with Crippen molar-refractivity contribution in [3.63, 3.8) is 0 Å². The molecule has 1 atom stereocenters. The van der Waals surface area contributed by atoms with Gasteiger partial charge in [0.1, 0.15) is 0 Å². The third kappa shape index (κ3) is 4.22. The van der Waals surface area contributed by atoms with Crippen LogP contribution in [-0.2, 0) is 11.2 Å². The molecule has 1 heterocycles. The lowest BCUT2D eigenvalue weighted by molar-refractivity contribution is -0.117. The fraction of sp³-hybridized carbons (Fsp3) is 0.261. The molecule has 0 aliphatic heterocycles. The number of aromatic nitrogens is 1. The zero-order chi connectivity index (χ0) is 20.4. The molecule has 5 nitrogen and oxygen atoms in total. The van der Waals surface area contributed by atoms with Crippen molar-refractivity contribution in [2.24, 2.45) is 0 Å². The van der Waals surface area contributed by atoms with E-state index in [2.05, 4.69) is 22.5 Å². The largest absolute Gasteiger partial charge is 0.326 e. The van der Waals surface area contributed by atoms with Gasteiger partial charge in [0.15, 0.2) is 5.13 Å². The first-order valence-electron chi connectivity index (χ1n) is 9.75. The molecule has 6 heteroatoms. The summed E-state index contributed by atoms with van der Waals surface area (Å²) in [5.41, 5.74) is 4.53. The summed E-state index contributed by atoms with van der Waals surface area (Å²) in [5, 5.41) is 6.46. The molecule has 1 aliphatic rings. The van der Waals surface area contributed by atoms with Gasteiger partial charge in [-0.1, -0.05) is 24.3 Å². The van der Waals surface area contributed by atoms with E-state index in [0.717, 1.165) is 41.1 Å². The second kappa shape index (κ2) is 8.17. The molecule has 0 saturated heterocycles. The fourth-order valence-electron chi connectivity index (χ4n) is 3.53. The number of aryl methyl sites for hydroxylation is 3. The Kier molecular flexibility index (Phi) is 5.45. The minimum atomic E-state index is -0.293. The molecule has 4 rings (SSSR count). The summed E-state index contributed by atoms with van der Waals surface area (Å²) >= 11 is 1.47. The summed E-state index contributed by atoms with van der Waals surface area (Å²) in [5.74, 6) is -0.521. The molecule has 2 amide bonds. The number of anilines is 2. The van der Waals surface area contributed by atoms with Gasteiger partial charge in [-0.2, -0.15) is 0 Å². The maximum absolute atomic E-state index is 12.9. The molecule has 1 aromatic heterocycles. The molecule has 2 aromatic carbocycles. The normalized spacial score (nSPS) is 15.4. The molecule has 148 valence electrons. The van der Waals surface area contributed by atoms with E-state index in [4.69, 9.17) is 0 Å². The SMILES string of the molecule is Cc1ccc(NC(=O)[C@@H]2CCCc3sc(NC(=O)c4ccccc4)nc32)cc1C. The number of nitrogens with one attached hydrogen (secondary N) is 2. The van der Waals surface area contributed by atoms with Crippen molar-refractivity contribution in [3.8, 4) is 0 Å². The first kappa shape index (κ1) is 19.3. The monoisotopic (exact) mass is 405 g/mol. The highest BCUT2D eigenvalue weighted by molar-refractivity contribution is 7.16. The van der Waals surface area contributed by atoms with Crippen LogP contribution in [0.4, 0.5) is 10.8 Å². The van der Waals surface area contributed by atoms with Crippen LogP contribution in [0, 0.1) is 13.8 Å². The predicted octanol–water partition coefficient (Wildman–Crippen LogP) is 5.07. The highest BCUT2D eigenvalue weighted by Crippen LogP contribution is 2.37. The Labute approximate surface area is 174 Å². The van der Waals surface area contributed by atoms with E-state index >= 15 is 0 Å². The second-order valence-electron chi connectivity index (χ2n) is 7.38. The van der Waals surface area contributed by atoms with Crippen LogP contribution >= 0.6 is 11.3 Å². The minimum Gasteiger partial charge on any atom is -0.326 e. The summed E-state index contributed by atoms with van der Waals surface area (Å²) in [4.78, 5) is 31.1. The lowest BCUT2D eigenvalue weighted by atomic mass is 9.90. The number of hydrogen-bond acceptors (Lipinski definition) is 4. The van der Waals surface area contributed by atoms with Gasteiger partial charge in [0.25, 0.3) is 5.91 Å². The number of fused-ring (bicyclic) bond motifs is 1. The summed E-state index contributed by atoms with van der Waals surface area (Å²) in [6, 6.07) is 15.0. The minimum absolute atomic E-state index is 0.0413. The van der Waals surface area contributed by atoms with E-state index in [-0.39, 0.29) is 17.7 Å². The van der Waals surface area contributed by atoms with Crippen molar-refractivity contribution in [2.45, 2.75) is 39.0 Å². The number of hydrogen-bond donors (Lipinski definition) is 2. The van der Waals surface area contributed by atoms with Gasteiger partial charge in [0.05, 0.1) is 11.6 Å². The van der Waals surface area contributed by atoms with Crippen LogP contribution in [0.2, 0.25) is 0 Å². The lowest BCUT2D eigenvalue weighted by Crippen LogP contribution is -2.24. The van der Waals surface area contributed by atoms with Crippen molar-refractivity contribution in [1.29, 1.82) is 0 Å². The van der Waals surface area contributed by atoms with Crippen LogP contribution in [0.1, 0.15) is 50.8 Å². The van der Waals surface area contributed by atoms with Crippen molar-refractivity contribution < 1.29 is 9.59 Å². The average Bonchev–Trinajstić information content (AvgIpc) is 3.13. The molecule has 3 aromatic rings. The molecular weight excluding hydrogens is 382 g/mol. The maximum atomic E-state index is 12.9. The Morgan fingerprint density at radius 1 is 1.03 bits per heavy atom. The average molecular weight is 406 g/mol. The van der Waals surface area contributed by atoms with Gasteiger partial charge >= 0.3 is 0 Å². The number of carbonyl (C=O) groups is 2. The molecule has 0 radical (unpaired) electrons. The molecule has 0 spiro atoms. The number of rotatable bonds is 4. The van der Waals surface area contributed by atoms with E-state index < -0.39 is 0 Å². The maximum Gasteiger partial charge on any atom is 0.257 e. The number of benzene rings is 2. The van der Waals surface area contributed by atoms with E-state index in [9.17, 15) is 9.59 Å². The Bertz CT molecular complexity index is 1060. The number of thiazole rings is 1. The van der Waals surface area contributed by atoms with Gasteiger partial charge in [-0.25, -0.2) is 4.98 Å². The number of carbonyl (C=O) groups excluding carboxylic acids is 2. The Morgan fingerprint density at radius 3 is 2.59 bits per heavy atom. The molecule has 0 fully saturated rings. The quantitative estimate of drug-likeness (QED) is 0.636. The number of amides is 2. The van der Waals surface area contributed by atoms with Gasteiger partial charge < -0.3 is 5.32 Å². The first-order valence-corrected chi connectivity index (χ1v) is 10.6. The molecule has 0 saturated carbocycles. The summed E-state index contributed by atoms with van der Waals surface area (Å²) < 4.78 is 0. The molecule has 0 bridgehead atoms. The van der Waals surface area contributed by atoms with Crippen LogP contribution < -0.4 is 10.6 Å². The highest BCUT2D eigenvalue weighted by atomic mass is 32.1. The molecule has 0 unspecified atom stereocenters. The standard InChI is InChI=1S/C23H23N3O2S/c1-14-11-12-17(13-15(14)2)24-22(28)18-9-6-10-19-20(18)25-23(29-19)26-21(27)16-7-4-3-5-8-16/h3-5,7-8,11-13,18H,6,9-10H2,1-2H3,(H,24,28)(H,25,26,27)/t18-/m1/s1. The van der Waals surface area contributed by atoms with Crippen molar-refractivity contribution in [2.75, 3.05) is 10.6 Å². The lowest BCUT2D eigenvalue weighted by Gasteiger charge is -2.20. The molecule has 2 N–H and O–H groups in total. The number of nitrogens with zero attached hydrogens (tertiary/aromatic N) is 1. The van der Waals surface area contributed by atoms with Gasteiger partial charge in [0, 0.05) is 16.1 Å². The van der Waals surface area contributed by atoms with E-state index in [0.29, 0.717) is 10.7 Å². The Hall–Kier alpha value is -2.99. The third-order valence-corrected chi connectivity index (χ3v) is 6.35.